The van der Waals surface area contributed by atoms with Gasteiger partial charge in [0, 0.05) is 18.8 Å². The van der Waals surface area contributed by atoms with Crippen LogP contribution in [0.15, 0.2) is 72.8 Å². The normalized spacial score (nSPS) is 10.5. The van der Waals surface area contributed by atoms with Crippen LogP contribution in [0.1, 0.15) is 22.3 Å². The zero-order valence-corrected chi connectivity index (χ0v) is 16.4. The van der Waals surface area contributed by atoms with E-state index in [4.69, 9.17) is 4.74 Å². The third-order valence-corrected chi connectivity index (χ3v) is 4.41. The summed E-state index contributed by atoms with van der Waals surface area (Å²) in [6.07, 6.45) is 0. The minimum Gasteiger partial charge on any atom is -0.484 e. The molecule has 0 saturated heterocycles. The van der Waals surface area contributed by atoms with E-state index in [0.717, 1.165) is 24.3 Å². The van der Waals surface area contributed by atoms with Gasteiger partial charge in [0.25, 0.3) is 5.91 Å². The first-order chi connectivity index (χ1) is 13.6. The summed E-state index contributed by atoms with van der Waals surface area (Å²) < 4.78 is 5.57. The van der Waals surface area contributed by atoms with E-state index in [-0.39, 0.29) is 12.5 Å². The first-order valence-electron chi connectivity index (χ1n) is 9.43. The largest absolute Gasteiger partial charge is 0.484 e. The van der Waals surface area contributed by atoms with E-state index in [1.54, 1.807) is 0 Å². The van der Waals surface area contributed by atoms with Crippen molar-refractivity contribution in [2.24, 2.45) is 0 Å². The summed E-state index contributed by atoms with van der Waals surface area (Å²) in [7, 11) is 0. The standard InChI is InChI=1S/C24H26N2O2/c1-18-3-7-20(8-4-18)15-25-16-21-9-13-23(14-10-21)28-17-24(27)26-22-11-5-19(2)6-12-22/h3-14,25H,15-17H2,1-2H3,(H,26,27). The number of carbonyl (C=O) groups excluding carboxylic acids is 1. The van der Waals surface area contributed by atoms with Crippen molar-refractivity contribution in [3.05, 3.63) is 95.1 Å². The fraction of sp³-hybridized carbons (Fsp3) is 0.208. The Morgan fingerprint density at radius 3 is 1.82 bits per heavy atom. The lowest BCUT2D eigenvalue weighted by Crippen LogP contribution is -2.20. The van der Waals surface area contributed by atoms with Gasteiger partial charge in [-0.1, -0.05) is 59.7 Å². The Morgan fingerprint density at radius 2 is 1.25 bits per heavy atom. The van der Waals surface area contributed by atoms with Crippen molar-refractivity contribution in [3.8, 4) is 5.75 Å². The fourth-order valence-electron chi connectivity index (χ4n) is 2.74. The maximum Gasteiger partial charge on any atom is 0.262 e. The molecule has 0 atom stereocenters. The molecule has 3 aromatic rings. The molecule has 0 radical (unpaired) electrons. The van der Waals surface area contributed by atoms with Crippen molar-refractivity contribution in [1.29, 1.82) is 0 Å². The van der Waals surface area contributed by atoms with Crippen molar-refractivity contribution in [2.75, 3.05) is 11.9 Å². The predicted molar refractivity (Wildman–Crippen MR) is 113 cm³/mol. The summed E-state index contributed by atoms with van der Waals surface area (Å²) in [6, 6.07) is 24.0. The Hall–Kier alpha value is -3.11. The van der Waals surface area contributed by atoms with E-state index < -0.39 is 0 Å². The van der Waals surface area contributed by atoms with Crippen LogP contribution in [0.2, 0.25) is 0 Å². The second-order valence-electron chi connectivity index (χ2n) is 6.94. The van der Waals surface area contributed by atoms with Gasteiger partial charge in [-0.3, -0.25) is 4.79 Å². The molecule has 0 fully saturated rings. The van der Waals surface area contributed by atoms with E-state index >= 15 is 0 Å². The maximum atomic E-state index is 12.0. The number of ether oxygens (including phenoxy) is 1. The molecule has 0 aliphatic rings. The minimum absolute atomic E-state index is 0.0150. The molecular formula is C24H26N2O2. The molecule has 0 aromatic heterocycles. The average molecular weight is 374 g/mol. The number of hydrogen-bond donors (Lipinski definition) is 2. The number of nitrogens with one attached hydrogen (secondary N) is 2. The highest BCUT2D eigenvalue weighted by Gasteiger charge is 2.04. The van der Waals surface area contributed by atoms with Crippen LogP contribution >= 0.6 is 0 Å². The first-order valence-corrected chi connectivity index (χ1v) is 9.43. The quantitative estimate of drug-likeness (QED) is 0.605. The van der Waals surface area contributed by atoms with Gasteiger partial charge in [-0.15, -0.1) is 0 Å². The fourth-order valence-corrected chi connectivity index (χ4v) is 2.74. The third kappa shape index (κ3) is 6.25. The maximum absolute atomic E-state index is 12.0. The number of aryl methyl sites for hydroxylation is 2. The smallest absolute Gasteiger partial charge is 0.262 e. The van der Waals surface area contributed by atoms with Gasteiger partial charge in [-0.05, 0) is 49.2 Å². The van der Waals surface area contributed by atoms with Gasteiger partial charge in [0.1, 0.15) is 5.75 Å². The number of benzene rings is 3. The Bertz CT molecular complexity index is 885. The lowest BCUT2D eigenvalue weighted by atomic mass is 10.1. The highest BCUT2D eigenvalue weighted by atomic mass is 16.5. The molecule has 0 unspecified atom stereocenters. The first kappa shape index (κ1) is 19.6. The molecule has 3 rings (SSSR count). The summed E-state index contributed by atoms with van der Waals surface area (Å²) in [6.45, 7) is 5.70. The Labute approximate surface area is 166 Å². The highest BCUT2D eigenvalue weighted by Crippen LogP contribution is 2.13. The van der Waals surface area contributed by atoms with Crippen molar-refractivity contribution in [3.63, 3.8) is 0 Å². The van der Waals surface area contributed by atoms with Gasteiger partial charge in [-0.25, -0.2) is 0 Å². The summed E-state index contributed by atoms with van der Waals surface area (Å²) in [5, 5.41) is 6.26. The van der Waals surface area contributed by atoms with Crippen molar-refractivity contribution in [2.45, 2.75) is 26.9 Å². The topological polar surface area (TPSA) is 50.4 Å². The molecular weight excluding hydrogens is 348 g/mol. The second-order valence-corrected chi connectivity index (χ2v) is 6.94. The molecule has 28 heavy (non-hydrogen) atoms. The molecule has 0 aliphatic heterocycles. The van der Waals surface area contributed by atoms with Crippen LogP contribution in [0, 0.1) is 13.8 Å². The molecule has 0 bridgehead atoms. The summed E-state index contributed by atoms with van der Waals surface area (Å²) >= 11 is 0. The van der Waals surface area contributed by atoms with Crippen molar-refractivity contribution in [1.82, 2.24) is 5.32 Å². The van der Waals surface area contributed by atoms with E-state index in [9.17, 15) is 4.79 Å². The van der Waals surface area contributed by atoms with Crippen molar-refractivity contribution < 1.29 is 9.53 Å². The predicted octanol–water partition coefficient (Wildman–Crippen LogP) is 4.61. The number of rotatable bonds is 8. The van der Waals surface area contributed by atoms with Crippen LogP contribution in [-0.2, 0) is 17.9 Å². The van der Waals surface area contributed by atoms with Crippen LogP contribution in [0.3, 0.4) is 0 Å². The van der Waals surface area contributed by atoms with Crippen LogP contribution in [-0.4, -0.2) is 12.5 Å². The van der Waals surface area contributed by atoms with E-state index in [2.05, 4.69) is 41.8 Å². The van der Waals surface area contributed by atoms with E-state index in [1.807, 2.05) is 55.5 Å². The Morgan fingerprint density at radius 1 is 0.750 bits per heavy atom. The van der Waals surface area contributed by atoms with Gasteiger partial charge < -0.3 is 15.4 Å². The Balaban J connectivity index is 1.40. The molecule has 0 saturated carbocycles. The molecule has 144 valence electrons. The van der Waals surface area contributed by atoms with Gasteiger partial charge in [0.15, 0.2) is 6.61 Å². The summed E-state index contributed by atoms with van der Waals surface area (Å²) in [5.41, 5.74) is 5.64. The number of anilines is 1. The van der Waals surface area contributed by atoms with Crippen LogP contribution in [0.25, 0.3) is 0 Å². The third-order valence-electron chi connectivity index (χ3n) is 4.41. The molecule has 0 heterocycles. The van der Waals surface area contributed by atoms with Crippen molar-refractivity contribution >= 4 is 11.6 Å². The van der Waals surface area contributed by atoms with E-state index in [1.165, 1.54) is 16.7 Å². The van der Waals surface area contributed by atoms with Gasteiger partial charge >= 0.3 is 0 Å². The SMILES string of the molecule is Cc1ccc(CNCc2ccc(OCC(=O)Nc3ccc(C)cc3)cc2)cc1. The molecule has 4 heteroatoms. The zero-order chi connectivity index (χ0) is 19.8. The van der Waals surface area contributed by atoms with Crippen LogP contribution in [0.5, 0.6) is 5.75 Å². The molecule has 3 aromatic carbocycles. The average Bonchev–Trinajstić information content (AvgIpc) is 2.71. The molecule has 4 nitrogen and oxygen atoms in total. The molecule has 1 amide bonds. The number of carbonyl (C=O) groups is 1. The van der Waals surface area contributed by atoms with E-state index in [0.29, 0.717) is 5.75 Å². The molecule has 0 spiro atoms. The van der Waals surface area contributed by atoms with Gasteiger partial charge in [-0.2, -0.15) is 0 Å². The van der Waals surface area contributed by atoms with Gasteiger partial charge in [0.05, 0.1) is 0 Å². The molecule has 0 aliphatic carbocycles. The lowest BCUT2D eigenvalue weighted by molar-refractivity contribution is -0.118. The van der Waals surface area contributed by atoms with Crippen LogP contribution in [0.4, 0.5) is 5.69 Å². The second kappa shape index (κ2) is 9.72. The number of hydrogen-bond acceptors (Lipinski definition) is 3. The monoisotopic (exact) mass is 374 g/mol. The number of amides is 1. The molecule has 2 N–H and O–H groups in total. The van der Waals surface area contributed by atoms with Gasteiger partial charge in [0.2, 0.25) is 0 Å². The highest BCUT2D eigenvalue weighted by molar-refractivity contribution is 5.91. The Kier molecular flexibility index (Phi) is 6.82. The minimum atomic E-state index is -0.173. The summed E-state index contributed by atoms with van der Waals surface area (Å²) in [4.78, 5) is 12.0. The lowest BCUT2D eigenvalue weighted by Gasteiger charge is -2.09. The zero-order valence-electron chi connectivity index (χ0n) is 16.4. The van der Waals surface area contributed by atoms with Crippen LogP contribution < -0.4 is 15.4 Å². The summed E-state index contributed by atoms with van der Waals surface area (Å²) in [5.74, 6) is 0.508.